The van der Waals surface area contributed by atoms with Crippen LogP contribution in [-0.4, -0.2) is 24.7 Å². The van der Waals surface area contributed by atoms with Gasteiger partial charge in [-0.1, -0.05) is 36.7 Å². The maximum Gasteiger partial charge on any atom is 0.196 e. The molecule has 3 aromatic heterocycles. The van der Waals surface area contributed by atoms with Crippen molar-refractivity contribution >= 4 is 34.7 Å². The standard InChI is InChI=1S/C21H20ClN5S2/c1-2-3-4-19-24-17(13-28-19)14-29-21-26-25-20(15-9-11-23-12-10-15)27(21)18-7-5-16(22)6-8-18/h5-13H,2-4,14H2,1H3. The van der Waals surface area contributed by atoms with Gasteiger partial charge in [-0.25, -0.2) is 4.98 Å². The van der Waals surface area contributed by atoms with Crippen molar-refractivity contribution in [3.63, 3.8) is 0 Å². The Kier molecular flexibility index (Phi) is 6.59. The normalized spacial score (nSPS) is 11.1. The maximum atomic E-state index is 6.09. The molecule has 0 radical (unpaired) electrons. The topological polar surface area (TPSA) is 56.5 Å². The molecule has 0 N–H and O–H groups in total. The van der Waals surface area contributed by atoms with Crippen molar-refractivity contribution in [1.82, 2.24) is 24.7 Å². The van der Waals surface area contributed by atoms with E-state index in [1.165, 1.54) is 17.8 Å². The first-order chi connectivity index (χ1) is 14.2. The predicted octanol–water partition coefficient (Wildman–Crippen LogP) is 6.07. The molecule has 8 heteroatoms. The molecule has 0 saturated carbocycles. The Morgan fingerprint density at radius 3 is 2.62 bits per heavy atom. The van der Waals surface area contributed by atoms with Crippen molar-refractivity contribution in [2.45, 2.75) is 37.1 Å². The molecule has 0 spiro atoms. The summed E-state index contributed by atoms with van der Waals surface area (Å²) in [5, 5.41) is 13.8. The van der Waals surface area contributed by atoms with E-state index in [9.17, 15) is 0 Å². The molecule has 0 saturated heterocycles. The number of unbranched alkanes of at least 4 members (excludes halogenated alkanes) is 1. The van der Waals surface area contributed by atoms with Crippen LogP contribution in [-0.2, 0) is 12.2 Å². The van der Waals surface area contributed by atoms with Crippen molar-refractivity contribution in [2.24, 2.45) is 0 Å². The molecule has 0 aliphatic heterocycles. The van der Waals surface area contributed by atoms with E-state index in [2.05, 4.69) is 32.1 Å². The predicted molar refractivity (Wildman–Crippen MR) is 120 cm³/mol. The molecule has 0 fully saturated rings. The van der Waals surface area contributed by atoms with Crippen LogP contribution in [0.2, 0.25) is 5.02 Å². The van der Waals surface area contributed by atoms with E-state index in [0.717, 1.165) is 40.1 Å². The zero-order valence-corrected chi connectivity index (χ0v) is 18.3. The van der Waals surface area contributed by atoms with Crippen molar-refractivity contribution in [3.8, 4) is 17.1 Å². The molecule has 0 aliphatic carbocycles. The van der Waals surface area contributed by atoms with E-state index < -0.39 is 0 Å². The average Bonchev–Trinajstić information content (AvgIpc) is 3.39. The Morgan fingerprint density at radius 1 is 1.07 bits per heavy atom. The highest BCUT2D eigenvalue weighted by molar-refractivity contribution is 7.98. The molecular formula is C21H20ClN5S2. The Morgan fingerprint density at radius 2 is 1.86 bits per heavy atom. The SMILES string of the molecule is CCCCc1nc(CSc2nnc(-c3ccncc3)n2-c2ccc(Cl)cc2)cs1. The van der Waals surface area contributed by atoms with Crippen LogP contribution in [0.4, 0.5) is 0 Å². The maximum absolute atomic E-state index is 6.09. The monoisotopic (exact) mass is 441 g/mol. The van der Waals surface area contributed by atoms with Gasteiger partial charge < -0.3 is 0 Å². The smallest absolute Gasteiger partial charge is 0.196 e. The van der Waals surface area contributed by atoms with E-state index in [4.69, 9.17) is 16.6 Å². The summed E-state index contributed by atoms with van der Waals surface area (Å²) in [6.07, 6.45) is 6.94. The molecule has 5 nitrogen and oxygen atoms in total. The molecule has 0 aliphatic rings. The molecule has 0 atom stereocenters. The van der Waals surface area contributed by atoms with Crippen LogP contribution in [0.25, 0.3) is 17.1 Å². The second-order valence-electron chi connectivity index (χ2n) is 6.48. The zero-order chi connectivity index (χ0) is 20.1. The van der Waals surface area contributed by atoms with E-state index in [1.807, 2.05) is 36.4 Å². The Hall–Kier alpha value is -2.22. The lowest BCUT2D eigenvalue weighted by atomic mass is 10.2. The van der Waals surface area contributed by atoms with Crippen LogP contribution in [0.1, 0.15) is 30.5 Å². The van der Waals surface area contributed by atoms with Crippen LogP contribution in [0.15, 0.2) is 59.3 Å². The minimum Gasteiger partial charge on any atom is -0.270 e. The minimum absolute atomic E-state index is 0.698. The lowest BCUT2D eigenvalue weighted by Gasteiger charge is -2.10. The van der Waals surface area contributed by atoms with E-state index in [-0.39, 0.29) is 0 Å². The molecule has 3 heterocycles. The number of pyridine rings is 1. The number of hydrogen-bond acceptors (Lipinski definition) is 6. The van der Waals surface area contributed by atoms with Gasteiger partial charge in [0.1, 0.15) is 0 Å². The third-order valence-electron chi connectivity index (χ3n) is 4.35. The van der Waals surface area contributed by atoms with Crippen LogP contribution in [0.3, 0.4) is 0 Å². The fourth-order valence-electron chi connectivity index (χ4n) is 2.87. The molecule has 4 aromatic rings. The number of thioether (sulfide) groups is 1. The number of aromatic nitrogens is 5. The summed E-state index contributed by atoms with van der Waals surface area (Å²) in [5.74, 6) is 1.53. The molecule has 0 bridgehead atoms. The van der Waals surface area contributed by atoms with Gasteiger partial charge >= 0.3 is 0 Å². The second-order valence-corrected chi connectivity index (χ2v) is 8.80. The van der Waals surface area contributed by atoms with Crippen LogP contribution in [0.5, 0.6) is 0 Å². The number of halogens is 1. The fourth-order valence-corrected chi connectivity index (χ4v) is 4.79. The number of aryl methyl sites for hydroxylation is 1. The van der Waals surface area contributed by atoms with Crippen LogP contribution >= 0.6 is 34.7 Å². The largest absolute Gasteiger partial charge is 0.270 e. The van der Waals surface area contributed by atoms with E-state index >= 15 is 0 Å². The van der Waals surface area contributed by atoms with Gasteiger partial charge in [-0.05, 0) is 49.2 Å². The molecule has 29 heavy (non-hydrogen) atoms. The molecule has 1 aromatic carbocycles. The number of nitrogens with zero attached hydrogens (tertiary/aromatic N) is 5. The first-order valence-corrected chi connectivity index (χ1v) is 11.7. The summed E-state index contributed by atoms with van der Waals surface area (Å²) in [6.45, 7) is 2.20. The van der Waals surface area contributed by atoms with Gasteiger partial charge in [0.15, 0.2) is 11.0 Å². The van der Waals surface area contributed by atoms with Crippen molar-refractivity contribution in [1.29, 1.82) is 0 Å². The number of benzene rings is 1. The summed E-state index contributed by atoms with van der Waals surface area (Å²) in [7, 11) is 0. The summed E-state index contributed by atoms with van der Waals surface area (Å²) in [5.41, 5.74) is 3.02. The van der Waals surface area contributed by atoms with Gasteiger partial charge in [0, 0.05) is 39.8 Å². The van der Waals surface area contributed by atoms with Crippen molar-refractivity contribution in [3.05, 3.63) is 69.9 Å². The van der Waals surface area contributed by atoms with Gasteiger partial charge in [-0.15, -0.1) is 21.5 Å². The summed E-state index contributed by atoms with van der Waals surface area (Å²) < 4.78 is 2.06. The first kappa shape index (κ1) is 20.1. The van der Waals surface area contributed by atoms with Crippen LogP contribution in [0, 0.1) is 0 Å². The molecule has 148 valence electrons. The summed E-state index contributed by atoms with van der Waals surface area (Å²) >= 11 is 9.46. The lowest BCUT2D eigenvalue weighted by molar-refractivity contribution is 0.787. The molecule has 0 unspecified atom stereocenters. The zero-order valence-electron chi connectivity index (χ0n) is 16.0. The highest BCUT2D eigenvalue weighted by Gasteiger charge is 2.17. The van der Waals surface area contributed by atoms with E-state index in [1.54, 1.807) is 35.5 Å². The number of hydrogen-bond donors (Lipinski definition) is 0. The van der Waals surface area contributed by atoms with E-state index in [0.29, 0.717) is 5.02 Å². The first-order valence-electron chi connectivity index (χ1n) is 9.42. The quantitative estimate of drug-likeness (QED) is 0.310. The molecular weight excluding hydrogens is 422 g/mol. The third kappa shape index (κ3) is 4.86. The lowest BCUT2D eigenvalue weighted by Crippen LogP contribution is -2.00. The van der Waals surface area contributed by atoms with Crippen LogP contribution < -0.4 is 0 Å². The Bertz CT molecular complexity index is 1060. The average molecular weight is 442 g/mol. The van der Waals surface area contributed by atoms with Gasteiger partial charge in [0.05, 0.1) is 10.7 Å². The highest BCUT2D eigenvalue weighted by Crippen LogP contribution is 2.30. The second kappa shape index (κ2) is 9.52. The number of rotatable bonds is 8. The highest BCUT2D eigenvalue weighted by atomic mass is 35.5. The Balaban J connectivity index is 1.62. The third-order valence-corrected chi connectivity index (χ3v) is 6.52. The molecule has 4 rings (SSSR count). The van der Waals surface area contributed by atoms with Gasteiger partial charge in [0.25, 0.3) is 0 Å². The Labute approximate surface area is 183 Å². The van der Waals surface area contributed by atoms with Gasteiger partial charge in [0.2, 0.25) is 0 Å². The summed E-state index contributed by atoms with van der Waals surface area (Å²) in [6, 6.07) is 11.6. The number of thiazole rings is 1. The van der Waals surface area contributed by atoms with Crippen molar-refractivity contribution in [2.75, 3.05) is 0 Å². The summed E-state index contributed by atoms with van der Waals surface area (Å²) in [4.78, 5) is 8.86. The van der Waals surface area contributed by atoms with Gasteiger partial charge in [-0.2, -0.15) is 0 Å². The van der Waals surface area contributed by atoms with Gasteiger partial charge in [-0.3, -0.25) is 9.55 Å². The molecule has 0 amide bonds. The fraction of sp³-hybridized carbons (Fsp3) is 0.238. The minimum atomic E-state index is 0.698. The van der Waals surface area contributed by atoms with Crippen molar-refractivity contribution < 1.29 is 0 Å².